The molecule has 0 aromatic heterocycles. The molecule has 0 unspecified atom stereocenters. The molecule has 0 aromatic rings. The molecule has 84 valence electrons. The standard InChI is InChI=1S/C14H22O/c1-11-7-6-10-13(11,2)14(3)9-5-4-8-12(14)15/h1,4-10H2,2-3H3/t13-,14-/m0/s1. The molecule has 1 heteroatoms. The highest BCUT2D eigenvalue weighted by molar-refractivity contribution is 5.86. The van der Waals surface area contributed by atoms with Gasteiger partial charge in [-0.25, -0.2) is 0 Å². The molecule has 0 bridgehead atoms. The number of hydrogen-bond donors (Lipinski definition) is 0. The van der Waals surface area contributed by atoms with Crippen molar-refractivity contribution in [3.8, 4) is 0 Å². The number of carbonyl (C=O) groups is 1. The van der Waals surface area contributed by atoms with E-state index in [0.717, 1.165) is 32.1 Å². The van der Waals surface area contributed by atoms with Crippen molar-refractivity contribution >= 4 is 5.78 Å². The molecular weight excluding hydrogens is 184 g/mol. The van der Waals surface area contributed by atoms with Gasteiger partial charge < -0.3 is 0 Å². The Hall–Kier alpha value is -0.590. The van der Waals surface area contributed by atoms with E-state index in [0.29, 0.717) is 5.78 Å². The van der Waals surface area contributed by atoms with Gasteiger partial charge in [0.25, 0.3) is 0 Å². The van der Waals surface area contributed by atoms with Crippen molar-refractivity contribution in [3.63, 3.8) is 0 Å². The van der Waals surface area contributed by atoms with Crippen molar-refractivity contribution < 1.29 is 4.79 Å². The maximum Gasteiger partial charge on any atom is 0.139 e. The van der Waals surface area contributed by atoms with Gasteiger partial charge >= 0.3 is 0 Å². The molecule has 0 aromatic carbocycles. The molecule has 0 aliphatic heterocycles. The number of Topliss-reactive ketones (excluding diaryl/α,β-unsaturated/α-hetero) is 1. The highest BCUT2D eigenvalue weighted by Gasteiger charge is 2.52. The molecule has 0 saturated heterocycles. The zero-order chi connectivity index (χ0) is 11.1. The van der Waals surface area contributed by atoms with Crippen LogP contribution < -0.4 is 0 Å². The maximum absolute atomic E-state index is 12.2. The molecule has 15 heavy (non-hydrogen) atoms. The molecule has 0 spiro atoms. The van der Waals surface area contributed by atoms with Gasteiger partial charge in [-0.05, 0) is 32.1 Å². The monoisotopic (exact) mass is 206 g/mol. The van der Waals surface area contributed by atoms with E-state index in [4.69, 9.17) is 0 Å². The summed E-state index contributed by atoms with van der Waals surface area (Å²) in [7, 11) is 0. The van der Waals surface area contributed by atoms with E-state index in [1.807, 2.05) is 0 Å². The smallest absolute Gasteiger partial charge is 0.139 e. The Labute approximate surface area is 92.9 Å². The van der Waals surface area contributed by atoms with Crippen molar-refractivity contribution in [1.82, 2.24) is 0 Å². The van der Waals surface area contributed by atoms with Gasteiger partial charge in [-0.15, -0.1) is 0 Å². The summed E-state index contributed by atoms with van der Waals surface area (Å²) in [5, 5.41) is 0. The summed E-state index contributed by atoms with van der Waals surface area (Å²) < 4.78 is 0. The van der Waals surface area contributed by atoms with Crippen LogP contribution in [0.4, 0.5) is 0 Å². The average molecular weight is 206 g/mol. The molecule has 2 aliphatic carbocycles. The first-order chi connectivity index (χ1) is 7.01. The highest BCUT2D eigenvalue weighted by atomic mass is 16.1. The first-order valence-corrected chi connectivity index (χ1v) is 6.22. The van der Waals surface area contributed by atoms with Crippen LogP contribution in [-0.4, -0.2) is 5.78 Å². The van der Waals surface area contributed by atoms with Gasteiger partial charge in [-0.2, -0.15) is 0 Å². The van der Waals surface area contributed by atoms with Gasteiger partial charge in [0.15, 0.2) is 0 Å². The maximum atomic E-state index is 12.2. The fourth-order valence-electron chi connectivity index (χ4n) is 3.54. The van der Waals surface area contributed by atoms with Crippen molar-refractivity contribution in [2.45, 2.75) is 58.8 Å². The molecule has 2 rings (SSSR count). The van der Waals surface area contributed by atoms with Crippen LogP contribution in [0.15, 0.2) is 12.2 Å². The molecule has 0 N–H and O–H groups in total. The molecule has 1 nitrogen and oxygen atoms in total. The third kappa shape index (κ3) is 1.39. The second-order valence-corrected chi connectivity index (χ2v) is 5.75. The predicted molar refractivity (Wildman–Crippen MR) is 62.7 cm³/mol. The van der Waals surface area contributed by atoms with Gasteiger partial charge in [0, 0.05) is 17.3 Å². The second-order valence-electron chi connectivity index (χ2n) is 5.75. The van der Waals surface area contributed by atoms with E-state index in [9.17, 15) is 4.79 Å². The fraction of sp³-hybridized carbons (Fsp3) is 0.786. The molecule has 0 radical (unpaired) electrons. The normalized spacial score (nSPS) is 42.3. The summed E-state index contributed by atoms with van der Waals surface area (Å²) in [5.41, 5.74) is 1.30. The van der Waals surface area contributed by atoms with Crippen LogP contribution in [0.3, 0.4) is 0 Å². The largest absolute Gasteiger partial charge is 0.299 e. The van der Waals surface area contributed by atoms with Crippen molar-refractivity contribution in [2.24, 2.45) is 10.8 Å². The van der Waals surface area contributed by atoms with Crippen LogP contribution in [0.5, 0.6) is 0 Å². The Balaban J connectivity index is 2.34. The van der Waals surface area contributed by atoms with Crippen molar-refractivity contribution in [3.05, 3.63) is 12.2 Å². The Kier molecular flexibility index (Phi) is 2.52. The average Bonchev–Trinajstić information content (AvgIpc) is 2.54. The van der Waals surface area contributed by atoms with E-state index >= 15 is 0 Å². The second kappa shape index (κ2) is 3.47. The first kappa shape index (κ1) is 10.9. The van der Waals surface area contributed by atoms with Crippen LogP contribution in [0, 0.1) is 10.8 Å². The van der Waals surface area contributed by atoms with E-state index in [2.05, 4.69) is 20.4 Å². The third-order valence-electron chi connectivity index (χ3n) is 5.10. The Morgan fingerprint density at radius 1 is 1.00 bits per heavy atom. The first-order valence-electron chi connectivity index (χ1n) is 6.22. The van der Waals surface area contributed by atoms with E-state index in [-0.39, 0.29) is 10.8 Å². The summed E-state index contributed by atoms with van der Waals surface area (Å²) in [5.74, 6) is 0.485. The number of hydrogen-bond acceptors (Lipinski definition) is 1. The van der Waals surface area contributed by atoms with Gasteiger partial charge in [0.2, 0.25) is 0 Å². The van der Waals surface area contributed by atoms with E-state index < -0.39 is 0 Å². The number of rotatable bonds is 1. The van der Waals surface area contributed by atoms with Gasteiger partial charge in [-0.1, -0.05) is 32.4 Å². The van der Waals surface area contributed by atoms with Crippen molar-refractivity contribution in [2.75, 3.05) is 0 Å². The SMILES string of the molecule is C=C1CCC[C@]1(C)[C@@]1(C)CCCCC1=O. The summed E-state index contributed by atoms with van der Waals surface area (Å²) in [4.78, 5) is 12.2. The summed E-state index contributed by atoms with van der Waals surface area (Å²) in [6.45, 7) is 8.66. The summed E-state index contributed by atoms with van der Waals surface area (Å²) >= 11 is 0. The summed E-state index contributed by atoms with van der Waals surface area (Å²) in [6.07, 6.45) is 7.68. The fourth-order valence-corrected chi connectivity index (χ4v) is 3.54. The lowest BCUT2D eigenvalue weighted by Crippen LogP contribution is -2.45. The Bertz CT molecular complexity index is 304. The molecule has 0 heterocycles. The van der Waals surface area contributed by atoms with Crippen LogP contribution in [-0.2, 0) is 4.79 Å². The Morgan fingerprint density at radius 2 is 1.67 bits per heavy atom. The minimum absolute atomic E-state index is 0.0878. The predicted octanol–water partition coefficient (Wildman–Crippen LogP) is 3.88. The zero-order valence-corrected chi connectivity index (χ0v) is 10.1. The number of ketones is 1. The Morgan fingerprint density at radius 3 is 2.20 bits per heavy atom. The third-order valence-corrected chi connectivity index (χ3v) is 5.10. The lowest BCUT2D eigenvalue weighted by Gasteiger charge is -2.46. The molecule has 2 saturated carbocycles. The van der Waals surface area contributed by atoms with Gasteiger partial charge in [0.1, 0.15) is 5.78 Å². The minimum atomic E-state index is -0.112. The molecular formula is C14H22O. The summed E-state index contributed by atoms with van der Waals surface area (Å²) in [6, 6.07) is 0. The molecule has 2 aliphatic rings. The van der Waals surface area contributed by atoms with Crippen LogP contribution >= 0.6 is 0 Å². The quantitative estimate of drug-likeness (QED) is 0.595. The highest BCUT2D eigenvalue weighted by Crippen LogP contribution is 2.57. The van der Waals surface area contributed by atoms with Gasteiger partial charge in [0.05, 0.1) is 0 Å². The zero-order valence-electron chi connectivity index (χ0n) is 10.1. The lowest BCUT2D eigenvalue weighted by molar-refractivity contribution is -0.136. The van der Waals surface area contributed by atoms with E-state index in [1.165, 1.54) is 18.4 Å². The topological polar surface area (TPSA) is 17.1 Å². The number of carbonyl (C=O) groups excluding carboxylic acids is 1. The van der Waals surface area contributed by atoms with Gasteiger partial charge in [-0.3, -0.25) is 4.79 Å². The minimum Gasteiger partial charge on any atom is -0.299 e. The van der Waals surface area contributed by atoms with Crippen LogP contribution in [0.1, 0.15) is 58.8 Å². The van der Waals surface area contributed by atoms with Crippen molar-refractivity contribution in [1.29, 1.82) is 0 Å². The number of allylic oxidation sites excluding steroid dienone is 1. The molecule has 0 amide bonds. The van der Waals surface area contributed by atoms with Crippen LogP contribution in [0.25, 0.3) is 0 Å². The molecule has 2 fully saturated rings. The lowest BCUT2D eigenvalue weighted by atomic mass is 9.56. The van der Waals surface area contributed by atoms with Crippen LogP contribution in [0.2, 0.25) is 0 Å². The van der Waals surface area contributed by atoms with E-state index in [1.54, 1.807) is 0 Å². The molecule has 2 atom stereocenters.